The first-order valence-electron chi connectivity index (χ1n) is 10.6. The largest absolute Gasteiger partial charge is 0.331 e. The molecule has 1 fully saturated rings. The predicted molar refractivity (Wildman–Crippen MR) is 111 cm³/mol. The van der Waals surface area contributed by atoms with E-state index in [2.05, 4.69) is 9.55 Å². The Morgan fingerprint density at radius 3 is 2.52 bits per heavy atom. The van der Waals surface area contributed by atoms with E-state index in [0.717, 1.165) is 36.8 Å². The molecule has 4 rings (SSSR count). The summed E-state index contributed by atoms with van der Waals surface area (Å²) in [5.41, 5.74) is 0.727. The van der Waals surface area contributed by atoms with Gasteiger partial charge in [-0.05, 0) is 30.9 Å². The van der Waals surface area contributed by atoms with E-state index in [-0.39, 0.29) is 25.0 Å². The lowest BCUT2D eigenvalue weighted by molar-refractivity contribution is 0.0705. The molecule has 1 amide bonds. The smallest absolute Gasteiger partial charge is 0.260 e. The molecule has 0 atom stereocenters. The fourth-order valence-electron chi connectivity index (χ4n) is 4.37. The second-order valence-electron chi connectivity index (χ2n) is 8.51. The summed E-state index contributed by atoms with van der Waals surface area (Å²) in [4.78, 5) is 23.7. The first-order valence-corrected chi connectivity index (χ1v) is 10.6. The molecule has 0 radical (unpaired) electrons. The average Bonchev–Trinajstić information content (AvgIpc) is 3.33. The Morgan fingerprint density at radius 1 is 1.19 bits per heavy atom. The molecule has 0 saturated heterocycles. The quantitative estimate of drug-likeness (QED) is 0.536. The second kappa shape index (κ2) is 8.69. The molecule has 3 aromatic rings. The number of fused-ring (bicyclic) bond motifs is 1. The summed E-state index contributed by atoms with van der Waals surface area (Å²) in [5, 5.41) is 0. The summed E-state index contributed by atoms with van der Waals surface area (Å²) in [7, 11) is 0. The van der Waals surface area contributed by atoms with Crippen LogP contribution in [0.5, 0.6) is 0 Å². The fourth-order valence-corrected chi connectivity index (χ4v) is 4.37. The number of halogens is 3. The van der Waals surface area contributed by atoms with E-state index in [9.17, 15) is 18.0 Å². The van der Waals surface area contributed by atoms with Crippen LogP contribution in [0.3, 0.4) is 0 Å². The van der Waals surface area contributed by atoms with Gasteiger partial charge in [-0.15, -0.1) is 0 Å². The third-order valence-electron chi connectivity index (χ3n) is 5.64. The summed E-state index contributed by atoms with van der Waals surface area (Å²) in [6.07, 6.45) is 5.91. The maximum atomic E-state index is 14.3. The highest BCUT2D eigenvalue weighted by Gasteiger charge is 2.29. The number of aromatic nitrogens is 3. The van der Waals surface area contributed by atoms with Crippen molar-refractivity contribution in [2.75, 3.05) is 6.54 Å². The van der Waals surface area contributed by atoms with Crippen LogP contribution in [-0.4, -0.2) is 31.9 Å². The first-order chi connectivity index (χ1) is 14.8. The highest BCUT2D eigenvalue weighted by Crippen LogP contribution is 2.33. The molecule has 0 aliphatic heterocycles. The summed E-state index contributed by atoms with van der Waals surface area (Å²) in [6, 6.07) is 4.96. The van der Waals surface area contributed by atoms with Crippen molar-refractivity contribution >= 4 is 17.1 Å². The molecular formula is C23H25F3N4O. The minimum atomic E-state index is -1.21. The Labute approximate surface area is 178 Å². The van der Waals surface area contributed by atoms with Gasteiger partial charge in [-0.2, -0.15) is 0 Å². The molecule has 164 valence electrons. The van der Waals surface area contributed by atoms with Gasteiger partial charge >= 0.3 is 0 Å². The number of benzene rings is 1. The molecule has 2 aromatic heterocycles. The summed E-state index contributed by atoms with van der Waals surface area (Å²) in [6.45, 7) is 4.19. The molecule has 0 unspecified atom stereocenters. The van der Waals surface area contributed by atoms with Gasteiger partial charge in [-0.25, -0.2) is 23.1 Å². The third-order valence-corrected chi connectivity index (χ3v) is 5.64. The van der Waals surface area contributed by atoms with Gasteiger partial charge in [0.2, 0.25) is 0 Å². The van der Waals surface area contributed by atoms with Crippen molar-refractivity contribution in [3.8, 4) is 0 Å². The Bertz CT molecular complexity index is 1080. The Morgan fingerprint density at radius 2 is 1.87 bits per heavy atom. The maximum Gasteiger partial charge on any atom is 0.260 e. The molecule has 0 bridgehead atoms. The molecule has 8 heteroatoms. The van der Waals surface area contributed by atoms with Crippen molar-refractivity contribution in [2.45, 2.75) is 52.1 Å². The average molecular weight is 430 g/mol. The SMILES string of the molecule is CC(C)CN(Cc1nc2cccnc2n1C1CCCC1)C(=O)c1c(F)cc(F)cc1F. The molecule has 2 heterocycles. The second-order valence-corrected chi connectivity index (χ2v) is 8.51. The molecular weight excluding hydrogens is 405 g/mol. The van der Waals surface area contributed by atoms with E-state index in [4.69, 9.17) is 4.98 Å². The van der Waals surface area contributed by atoms with Crippen molar-refractivity contribution < 1.29 is 18.0 Å². The molecule has 5 nitrogen and oxygen atoms in total. The van der Waals surface area contributed by atoms with Crippen molar-refractivity contribution in [1.29, 1.82) is 0 Å². The topological polar surface area (TPSA) is 51.0 Å². The zero-order chi connectivity index (χ0) is 22.1. The number of imidazole rings is 1. The number of rotatable bonds is 6. The van der Waals surface area contributed by atoms with Crippen LogP contribution in [0.2, 0.25) is 0 Å². The van der Waals surface area contributed by atoms with Gasteiger partial charge in [0.25, 0.3) is 5.91 Å². The van der Waals surface area contributed by atoms with Crippen LogP contribution in [0.15, 0.2) is 30.5 Å². The summed E-state index contributed by atoms with van der Waals surface area (Å²) in [5.74, 6) is -3.60. The van der Waals surface area contributed by atoms with Gasteiger partial charge in [0.05, 0.1) is 6.54 Å². The van der Waals surface area contributed by atoms with E-state index in [1.165, 1.54) is 4.90 Å². The predicted octanol–water partition coefficient (Wildman–Crippen LogP) is 5.26. The minimum absolute atomic E-state index is 0.0537. The molecule has 0 spiro atoms. The van der Waals surface area contributed by atoms with E-state index in [1.807, 2.05) is 19.9 Å². The number of nitrogens with zero attached hydrogens (tertiary/aromatic N) is 4. The lowest BCUT2D eigenvalue weighted by atomic mass is 10.1. The van der Waals surface area contributed by atoms with Gasteiger partial charge in [0, 0.05) is 30.9 Å². The van der Waals surface area contributed by atoms with Gasteiger partial charge in [0.1, 0.15) is 34.4 Å². The standard InChI is InChI=1S/C23H25F3N4O/c1-14(2)12-29(23(31)21-17(25)10-15(24)11-18(21)26)13-20-28-19-8-5-9-27-22(19)30(20)16-6-3-4-7-16/h5,8-11,14,16H,3-4,6-7,12-13H2,1-2H3. The maximum absolute atomic E-state index is 14.3. The van der Waals surface area contributed by atoms with Gasteiger partial charge in [-0.1, -0.05) is 26.7 Å². The lowest BCUT2D eigenvalue weighted by Gasteiger charge is -2.26. The Balaban J connectivity index is 1.75. The monoisotopic (exact) mass is 430 g/mol. The number of carbonyl (C=O) groups is 1. The van der Waals surface area contributed by atoms with Crippen LogP contribution in [0.25, 0.3) is 11.2 Å². The van der Waals surface area contributed by atoms with Crippen LogP contribution in [0.1, 0.15) is 61.8 Å². The number of amides is 1. The summed E-state index contributed by atoms with van der Waals surface area (Å²) < 4.78 is 44.1. The van der Waals surface area contributed by atoms with Crippen molar-refractivity contribution in [2.24, 2.45) is 5.92 Å². The Kier molecular flexibility index (Phi) is 5.98. The Hall–Kier alpha value is -2.90. The van der Waals surface area contributed by atoms with E-state index in [0.29, 0.717) is 18.0 Å². The lowest BCUT2D eigenvalue weighted by Crippen LogP contribution is -2.36. The van der Waals surface area contributed by atoms with Gasteiger partial charge in [0.15, 0.2) is 5.65 Å². The molecule has 1 aliphatic carbocycles. The van der Waals surface area contributed by atoms with Crippen LogP contribution in [0, 0.1) is 23.4 Å². The summed E-state index contributed by atoms with van der Waals surface area (Å²) >= 11 is 0. The highest BCUT2D eigenvalue weighted by atomic mass is 19.1. The van der Waals surface area contributed by atoms with Gasteiger partial charge < -0.3 is 9.47 Å². The molecule has 31 heavy (non-hydrogen) atoms. The number of hydrogen-bond acceptors (Lipinski definition) is 3. The van der Waals surface area contributed by atoms with Gasteiger partial charge in [-0.3, -0.25) is 4.79 Å². The fraction of sp³-hybridized carbons (Fsp3) is 0.435. The first kappa shape index (κ1) is 21.3. The van der Waals surface area contributed by atoms with Crippen molar-refractivity contribution in [3.63, 3.8) is 0 Å². The normalized spacial score (nSPS) is 14.6. The molecule has 0 N–H and O–H groups in total. The number of pyridine rings is 1. The number of carbonyl (C=O) groups excluding carboxylic acids is 1. The van der Waals surface area contributed by atoms with Crippen LogP contribution in [0.4, 0.5) is 13.2 Å². The zero-order valence-corrected chi connectivity index (χ0v) is 17.6. The molecule has 1 saturated carbocycles. The minimum Gasteiger partial charge on any atom is -0.331 e. The van der Waals surface area contributed by atoms with Crippen LogP contribution >= 0.6 is 0 Å². The van der Waals surface area contributed by atoms with E-state index < -0.39 is 28.9 Å². The zero-order valence-electron chi connectivity index (χ0n) is 17.6. The van der Waals surface area contributed by atoms with E-state index >= 15 is 0 Å². The van der Waals surface area contributed by atoms with E-state index in [1.54, 1.807) is 12.3 Å². The van der Waals surface area contributed by atoms with Crippen molar-refractivity contribution in [3.05, 3.63) is 59.3 Å². The van der Waals surface area contributed by atoms with Crippen LogP contribution < -0.4 is 0 Å². The third kappa shape index (κ3) is 4.29. The van der Waals surface area contributed by atoms with Crippen LogP contribution in [-0.2, 0) is 6.54 Å². The highest BCUT2D eigenvalue weighted by molar-refractivity contribution is 5.94. The molecule has 1 aromatic carbocycles. The number of hydrogen-bond donors (Lipinski definition) is 0. The molecule has 1 aliphatic rings. The van der Waals surface area contributed by atoms with Crippen molar-refractivity contribution in [1.82, 2.24) is 19.4 Å².